The third kappa shape index (κ3) is 4.51. The van der Waals surface area contributed by atoms with Gasteiger partial charge >= 0.3 is 12.1 Å². The molecule has 1 fully saturated rings. The van der Waals surface area contributed by atoms with E-state index in [0.717, 1.165) is 11.8 Å². The highest BCUT2D eigenvalue weighted by molar-refractivity contribution is 6.04. The molecule has 2 atom stereocenters. The molecule has 0 radical (unpaired) electrons. The predicted octanol–water partition coefficient (Wildman–Crippen LogP) is 4.61. The average Bonchev–Trinajstić information content (AvgIpc) is 2.88. The van der Waals surface area contributed by atoms with Gasteiger partial charge in [-0.3, -0.25) is 14.8 Å². The first-order valence-corrected chi connectivity index (χ1v) is 11.3. The Hall–Kier alpha value is -3.64. The van der Waals surface area contributed by atoms with Gasteiger partial charge in [0, 0.05) is 35.8 Å². The second-order valence-corrected chi connectivity index (χ2v) is 8.90. The Kier molecular flexibility index (Phi) is 6.11. The predicted molar refractivity (Wildman–Crippen MR) is 123 cm³/mol. The molecule has 0 bridgehead atoms. The van der Waals surface area contributed by atoms with E-state index in [9.17, 15) is 31.9 Å². The molecule has 0 spiro atoms. The SMILES string of the molecule is Cc1ccc(NC(=O)c2ccnc(C(F)(F)F)c2)cc1-c1cnc2c(c1)N1CCOCC1C(F)(F)C2O. The van der Waals surface area contributed by atoms with Crippen molar-refractivity contribution in [2.45, 2.75) is 31.2 Å². The van der Waals surface area contributed by atoms with E-state index in [1.807, 2.05) is 0 Å². The fourth-order valence-corrected chi connectivity index (χ4v) is 4.57. The standard InChI is InChI=1S/C25H21F5N4O3/c1-13-2-3-16(33-23(36)14-4-5-31-19(9-14)25(28,29)30)10-17(13)15-8-18-21(32-11-15)22(35)24(26,27)20-12-37-7-6-34(18)20/h2-5,8-11,20,22,35H,6-7,12H2,1H3,(H,33,36). The number of aliphatic hydroxyl groups is 1. The number of aryl methyl sites for hydroxylation is 1. The number of halogens is 5. The van der Waals surface area contributed by atoms with Crippen molar-refractivity contribution in [2.75, 3.05) is 30.0 Å². The number of pyridine rings is 2. The second-order valence-electron chi connectivity index (χ2n) is 8.90. The summed E-state index contributed by atoms with van der Waals surface area (Å²) in [6, 6.07) is 7.08. The number of nitrogens with one attached hydrogen (secondary N) is 1. The molecule has 2 aliphatic rings. The van der Waals surface area contributed by atoms with Crippen LogP contribution in [0, 0.1) is 6.92 Å². The lowest BCUT2D eigenvalue weighted by atomic mass is 9.91. The summed E-state index contributed by atoms with van der Waals surface area (Å²) in [5.74, 6) is -4.20. The lowest BCUT2D eigenvalue weighted by molar-refractivity contribution is -0.153. The smallest absolute Gasteiger partial charge is 0.380 e. The number of hydrogen-bond acceptors (Lipinski definition) is 6. The maximum absolute atomic E-state index is 14.8. The van der Waals surface area contributed by atoms with Gasteiger partial charge in [-0.25, -0.2) is 8.78 Å². The molecule has 12 heteroatoms. The van der Waals surface area contributed by atoms with Gasteiger partial charge in [-0.1, -0.05) is 6.07 Å². The van der Waals surface area contributed by atoms with E-state index in [0.29, 0.717) is 28.6 Å². The van der Waals surface area contributed by atoms with Crippen molar-refractivity contribution in [1.82, 2.24) is 9.97 Å². The zero-order valence-electron chi connectivity index (χ0n) is 19.4. The molecular weight excluding hydrogens is 499 g/mol. The number of fused-ring (bicyclic) bond motifs is 3. The third-order valence-electron chi connectivity index (χ3n) is 6.52. The molecule has 7 nitrogen and oxygen atoms in total. The maximum Gasteiger partial charge on any atom is 0.433 e. The second kappa shape index (κ2) is 9.03. The molecule has 2 unspecified atom stereocenters. The summed E-state index contributed by atoms with van der Waals surface area (Å²) in [7, 11) is 0. The lowest BCUT2D eigenvalue weighted by Crippen LogP contribution is -2.60. The maximum atomic E-state index is 14.8. The first-order valence-electron chi connectivity index (χ1n) is 11.3. The minimum absolute atomic E-state index is 0.132. The molecule has 3 aromatic rings. The number of aromatic nitrogens is 2. The van der Waals surface area contributed by atoms with Crippen molar-refractivity contribution in [2.24, 2.45) is 0 Å². The number of ether oxygens (including phenoxy) is 1. The number of nitrogens with zero attached hydrogens (tertiary/aromatic N) is 3. The molecular formula is C25H21F5N4O3. The van der Waals surface area contributed by atoms with Gasteiger partial charge in [-0.05, 0) is 48.4 Å². The van der Waals surface area contributed by atoms with Crippen LogP contribution in [0.2, 0.25) is 0 Å². The van der Waals surface area contributed by atoms with Crippen LogP contribution < -0.4 is 10.2 Å². The molecule has 1 saturated heterocycles. The molecule has 37 heavy (non-hydrogen) atoms. The van der Waals surface area contributed by atoms with E-state index in [4.69, 9.17) is 4.74 Å². The van der Waals surface area contributed by atoms with Crippen molar-refractivity contribution in [1.29, 1.82) is 0 Å². The third-order valence-corrected chi connectivity index (χ3v) is 6.52. The van der Waals surface area contributed by atoms with Gasteiger partial charge in [0.1, 0.15) is 11.7 Å². The van der Waals surface area contributed by atoms with Gasteiger partial charge in [-0.15, -0.1) is 0 Å². The highest BCUT2D eigenvalue weighted by Crippen LogP contribution is 2.47. The Morgan fingerprint density at radius 1 is 1.19 bits per heavy atom. The minimum atomic E-state index is -4.69. The normalized spacial score (nSPS) is 20.7. The first kappa shape index (κ1) is 25.0. The molecule has 0 saturated carbocycles. The van der Waals surface area contributed by atoms with Gasteiger partial charge in [0.15, 0.2) is 6.10 Å². The lowest BCUT2D eigenvalue weighted by Gasteiger charge is -2.47. The van der Waals surface area contributed by atoms with Gasteiger partial charge in [0.25, 0.3) is 5.91 Å². The fourth-order valence-electron chi connectivity index (χ4n) is 4.57. The van der Waals surface area contributed by atoms with E-state index in [1.54, 1.807) is 31.2 Å². The van der Waals surface area contributed by atoms with Crippen molar-refractivity contribution in [3.8, 4) is 11.1 Å². The summed E-state index contributed by atoms with van der Waals surface area (Å²) in [6.45, 7) is 2.02. The monoisotopic (exact) mass is 520 g/mol. The Bertz CT molecular complexity index is 1360. The van der Waals surface area contributed by atoms with E-state index in [1.165, 1.54) is 17.2 Å². The van der Waals surface area contributed by atoms with Crippen molar-refractivity contribution in [3.05, 3.63) is 71.3 Å². The highest BCUT2D eigenvalue weighted by atomic mass is 19.4. The molecule has 194 valence electrons. The van der Waals surface area contributed by atoms with Crippen LogP contribution >= 0.6 is 0 Å². The number of aliphatic hydroxyl groups excluding tert-OH is 1. The zero-order chi connectivity index (χ0) is 26.5. The molecule has 2 aliphatic heterocycles. The largest absolute Gasteiger partial charge is 0.433 e. The van der Waals surface area contributed by atoms with Crippen LogP contribution in [0.3, 0.4) is 0 Å². The summed E-state index contributed by atoms with van der Waals surface area (Å²) in [5, 5.41) is 12.9. The van der Waals surface area contributed by atoms with Crippen LogP contribution in [0.25, 0.3) is 11.1 Å². The number of carbonyl (C=O) groups is 1. The van der Waals surface area contributed by atoms with Crippen molar-refractivity contribution < 1.29 is 36.6 Å². The number of morpholine rings is 1. The zero-order valence-corrected chi connectivity index (χ0v) is 19.4. The van der Waals surface area contributed by atoms with E-state index < -0.39 is 35.8 Å². The fraction of sp³-hybridized carbons (Fsp3) is 0.320. The highest BCUT2D eigenvalue weighted by Gasteiger charge is 2.56. The van der Waals surface area contributed by atoms with Crippen molar-refractivity contribution >= 4 is 17.3 Å². The molecule has 4 heterocycles. The number of amides is 1. The van der Waals surface area contributed by atoms with Crippen LogP contribution in [-0.2, 0) is 10.9 Å². The number of carbonyl (C=O) groups excluding carboxylic acids is 1. The number of hydrogen-bond donors (Lipinski definition) is 2. The van der Waals surface area contributed by atoms with Crippen LogP contribution in [0.15, 0.2) is 48.8 Å². The Morgan fingerprint density at radius 3 is 2.73 bits per heavy atom. The number of benzene rings is 1. The van der Waals surface area contributed by atoms with Crippen LogP contribution in [0.5, 0.6) is 0 Å². The van der Waals surface area contributed by atoms with Gasteiger partial charge in [0.05, 0.1) is 24.6 Å². The molecule has 1 aromatic carbocycles. The van der Waals surface area contributed by atoms with Gasteiger partial charge in [-0.2, -0.15) is 13.2 Å². The summed E-state index contributed by atoms with van der Waals surface area (Å²) in [5.41, 5.74) is 1.11. The van der Waals surface area contributed by atoms with Crippen LogP contribution in [0.1, 0.15) is 33.4 Å². The van der Waals surface area contributed by atoms with E-state index in [2.05, 4.69) is 15.3 Å². The van der Waals surface area contributed by atoms with Gasteiger partial charge in [0.2, 0.25) is 0 Å². The number of alkyl halides is 5. The molecule has 1 amide bonds. The minimum Gasteiger partial charge on any atom is -0.380 e. The van der Waals surface area contributed by atoms with Crippen LogP contribution in [0.4, 0.5) is 33.3 Å². The summed E-state index contributed by atoms with van der Waals surface area (Å²) < 4.78 is 73.7. The Balaban J connectivity index is 1.47. The number of rotatable bonds is 3. The van der Waals surface area contributed by atoms with Crippen molar-refractivity contribution in [3.63, 3.8) is 0 Å². The average molecular weight is 520 g/mol. The van der Waals surface area contributed by atoms with Crippen LogP contribution in [-0.4, -0.2) is 52.7 Å². The summed E-state index contributed by atoms with van der Waals surface area (Å²) in [6.07, 6.45) is -4.50. The summed E-state index contributed by atoms with van der Waals surface area (Å²) >= 11 is 0. The van der Waals surface area contributed by atoms with E-state index in [-0.39, 0.29) is 31.0 Å². The molecule has 2 N–H and O–H groups in total. The first-order chi connectivity index (χ1) is 17.5. The quantitative estimate of drug-likeness (QED) is 0.491. The molecule has 5 rings (SSSR count). The Morgan fingerprint density at radius 2 is 1.97 bits per heavy atom. The summed E-state index contributed by atoms with van der Waals surface area (Å²) in [4.78, 5) is 21.5. The number of anilines is 2. The molecule has 2 aromatic heterocycles. The Labute approximate surface area is 207 Å². The molecule has 0 aliphatic carbocycles. The van der Waals surface area contributed by atoms with Gasteiger partial charge < -0.3 is 20.1 Å². The topological polar surface area (TPSA) is 87.6 Å². The van der Waals surface area contributed by atoms with E-state index >= 15 is 0 Å².